The van der Waals surface area contributed by atoms with Crippen molar-refractivity contribution < 1.29 is 9.59 Å². The third-order valence-corrected chi connectivity index (χ3v) is 5.33. The van der Waals surface area contributed by atoms with E-state index in [0.29, 0.717) is 30.3 Å². The number of carbonyl (C=O) groups excluding carboxylic acids is 2. The molecule has 27 heavy (non-hydrogen) atoms. The Kier molecular flexibility index (Phi) is 5.00. The van der Waals surface area contributed by atoms with Crippen LogP contribution < -0.4 is 15.5 Å². The second-order valence-corrected chi connectivity index (χ2v) is 7.26. The Morgan fingerprint density at radius 2 is 1.89 bits per heavy atom. The Bertz CT molecular complexity index is 799. The van der Waals surface area contributed by atoms with Crippen LogP contribution in [0, 0.1) is 11.8 Å². The predicted octanol–water partition coefficient (Wildman–Crippen LogP) is 2.08. The Morgan fingerprint density at radius 3 is 2.52 bits per heavy atom. The van der Waals surface area contributed by atoms with E-state index in [1.54, 1.807) is 30.5 Å². The minimum Gasteiger partial charge on any atom is -0.353 e. The minimum atomic E-state index is -0.0718. The van der Waals surface area contributed by atoms with E-state index in [-0.39, 0.29) is 17.7 Å². The molecule has 0 radical (unpaired) electrons. The summed E-state index contributed by atoms with van der Waals surface area (Å²) in [6.45, 7) is 2.01. The monoisotopic (exact) mass is 365 g/mol. The SMILES string of the molecule is O=C(NCC1CCC1)c1ccc(NC(=O)C2CN(c3cccnn3)C2)cc1. The number of amides is 2. The molecule has 0 unspecified atom stereocenters. The normalized spacial score (nSPS) is 17.0. The van der Waals surface area contributed by atoms with Gasteiger partial charge in [-0.1, -0.05) is 6.42 Å². The van der Waals surface area contributed by atoms with E-state index in [9.17, 15) is 9.59 Å². The maximum Gasteiger partial charge on any atom is 0.251 e. The second-order valence-electron chi connectivity index (χ2n) is 7.26. The molecule has 2 aliphatic rings. The summed E-state index contributed by atoms with van der Waals surface area (Å²) >= 11 is 0. The molecule has 2 fully saturated rings. The molecule has 2 heterocycles. The molecule has 2 N–H and O–H groups in total. The van der Waals surface area contributed by atoms with Gasteiger partial charge in [0, 0.05) is 37.1 Å². The fourth-order valence-electron chi connectivity index (χ4n) is 3.28. The van der Waals surface area contributed by atoms with Gasteiger partial charge in [-0.25, -0.2) is 0 Å². The van der Waals surface area contributed by atoms with Gasteiger partial charge >= 0.3 is 0 Å². The Morgan fingerprint density at radius 1 is 1.11 bits per heavy atom. The van der Waals surface area contributed by atoms with Crippen LogP contribution in [0.4, 0.5) is 11.5 Å². The molecular formula is C20H23N5O2. The maximum absolute atomic E-state index is 12.4. The van der Waals surface area contributed by atoms with Crippen molar-refractivity contribution in [1.82, 2.24) is 15.5 Å². The first-order chi connectivity index (χ1) is 13.2. The van der Waals surface area contributed by atoms with E-state index in [1.807, 2.05) is 17.0 Å². The molecule has 0 atom stereocenters. The van der Waals surface area contributed by atoms with Crippen molar-refractivity contribution in [1.29, 1.82) is 0 Å². The van der Waals surface area contributed by atoms with Crippen LogP contribution in [-0.4, -0.2) is 41.6 Å². The average Bonchev–Trinajstić information content (AvgIpc) is 2.60. The molecule has 7 heteroatoms. The topological polar surface area (TPSA) is 87.2 Å². The predicted molar refractivity (Wildman–Crippen MR) is 102 cm³/mol. The van der Waals surface area contributed by atoms with Crippen LogP contribution in [0.3, 0.4) is 0 Å². The van der Waals surface area contributed by atoms with E-state index in [1.165, 1.54) is 19.3 Å². The first kappa shape index (κ1) is 17.5. The molecule has 7 nitrogen and oxygen atoms in total. The van der Waals surface area contributed by atoms with Gasteiger partial charge in [0.2, 0.25) is 5.91 Å². The van der Waals surface area contributed by atoms with Gasteiger partial charge in [-0.3, -0.25) is 9.59 Å². The van der Waals surface area contributed by atoms with Gasteiger partial charge in [-0.2, -0.15) is 5.10 Å². The zero-order valence-electron chi connectivity index (χ0n) is 15.1. The number of aromatic nitrogens is 2. The number of hydrogen-bond acceptors (Lipinski definition) is 5. The van der Waals surface area contributed by atoms with Gasteiger partial charge in [0.1, 0.15) is 0 Å². The van der Waals surface area contributed by atoms with E-state index < -0.39 is 0 Å². The molecule has 1 aliphatic carbocycles. The van der Waals surface area contributed by atoms with Gasteiger partial charge in [0.15, 0.2) is 5.82 Å². The highest BCUT2D eigenvalue weighted by Crippen LogP contribution is 2.25. The highest BCUT2D eigenvalue weighted by molar-refractivity contribution is 5.97. The summed E-state index contributed by atoms with van der Waals surface area (Å²) in [6.07, 6.45) is 5.32. The lowest BCUT2D eigenvalue weighted by Gasteiger charge is -2.38. The summed E-state index contributed by atoms with van der Waals surface area (Å²) in [7, 11) is 0. The lowest BCUT2D eigenvalue weighted by molar-refractivity contribution is -0.120. The van der Waals surface area contributed by atoms with E-state index in [4.69, 9.17) is 0 Å². The third kappa shape index (κ3) is 4.07. The molecule has 0 bridgehead atoms. The van der Waals surface area contributed by atoms with Crippen LogP contribution in [0.2, 0.25) is 0 Å². The van der Waals surface area contributed by atoms with Gasteiger partial charge in [0.25, 0.3) is 5.91 Å². The highest BCUT2D eigenvalue weighted by atomic mass is 16.2. The third-order valence-electron chi connectivity index (χ3n) is 5.33. The van der Waals surface area contributed by atoms with Crippen molar-refractivity contribution in [2.24, 2.45) is 11.8 Å². The zero-order valence-corrected chi connectivity index (χ0v) is 15.1. The van der Waals surface area contributed by atoms with E-state index in [2.05, 4.69) is 20.8 Å². The molecule has 2 amide bonds. The number of hydrogen-bond donors (Lipinski definition) is 2. The second kappa shape index (κ2) is 7.73. The van der Waals surface area contributed by atoms with Crippen molar-refractivity contribution in [2.45, 2.75) is 19.3 Å². The number of nitrogens with one attached hydrogen (secondary N) is 2. The van der Waals surface area contributed by atoms with Crippen LogP contribution in [0.25, 0.3) is 0 Å². The summed E-state index contributed by atoms with van der Waals surface area (Å²) in [6, 6.07) is 10.8. The number of anilines is 2. The van der Waals surface area contributed by atoms with Crippen molar-refractivity contribution in [3.8, 4) is 0 Å². The lowest BCUT2D eigenvalue weighted by Crippen LogP contribution is -2.52. The largest absolute Gasteiger partial charge is 0.353 e. The number of rotatable bonds is 6. The minimum absolute atomic E-state index is 0.0164. The molecule has 1 aromatic heterocycles. The summed E-state index contributed by atoms with van der Waals surface area (Å²) in [5, 5.41) is 13.8. The van der Waals surface area contributed by atoms with Gasteiger partial charge < -0.3 is 15.5 Å². The first-order valence-corrected chi connectivity index (χ1v) is 9.41. The molecule has 0 spiro atoms. The van der Waals surface area contributed by atoms with Gasteiger partial charge in [-0.05, 0) is 55.2 Å². The standard InChI is InChI=1S/C20H23N5O2/c26-19(21-11-14-3-1-4-14)15-6-8-17(9-7-15)23-20(27)16-12-25(13-16)18-5-2-10-22-24-18/h2,5-10,14,16H,1,3-4,11-13H2,(H,21,26)(H,23,27). The summed E-state index contributed by atoms with van der Waals surface area (Å²) < 4.78 is 0. The zero-order chi connectivity index (χ0) is 18.6. The van der Waals surface area contributed by atoms with Crippen LogP contribution >= 0.6 is 0 Å². The average molecular weight is 365 g/mol. The van der Waals surface area contributed by atoms with Crippen molar-refractivity contribution >= 4 is 23.3 Å². The molecular weight excluding hydrogens is 342 g/mol. The molecule has 1 aliphatic heterocycles. The first-order valence-electron chi connectivity index (χ1n) is 9.41. The molecule has 4 rings (SSSR count). The lowest BCUT2D eigenvalue weighted by atomic mass is 9.85. The van der Waals surface area contributed by atoms with Crippen molar-refractivity contribution in [3.05, 3.63) is 48.2 Å². The van der Waals surface area contributed by atoms with Gasteiger partial charge in [0.05, 0.1) is 5.92 Å². The van der Waals surface area contributed by atoms with Crippen LogP contribution in [0.15, 0.2) is 42.6 Å². The molecule has 1 saturated heterocycles. The summed E-state index contributed by atoms with van der Waals surface area (Å²) in [5.41, 5.74) is 1.32. The maximum atomic E-state index is 12.4. The van der Waals surface area contributed by atoms with Crippen LogP contribution in [0.1, 0.15) is 29.6 Å². The molecule has 140 valence electrons. The number of benzene rings is 1. The summed E-state index contributed by atoms with van der Waals surface area (Å²) in [4.78, 5) is 26.5. The fraction of sp³-hybridized carbons (Fsp3) is 0.400. The quantitative estimate of drug-likeness (QED) is 0.818. The van der Waals surface area contributed by atoms with Crippen LogP contribution in [0.5, 0.6) is 0 Å². The van der Waals surface area contributed by atoms with Crippen molar-refractivity contribution in [2.75, 3.05) is 29.9 Å². The highest BCUT2D eigenvalue weighted by Gasteiger charge is 2.33. The molecule has 1 saturated carbocycles. The van der Waals surface area contributed by atoms with Gasteiger partial charge in [-0.15, -0.1) is 5.10 Å². The van der Waals surface area contributed by atoms with E-state index >= 15 is 0 Å². The Hall–Kier alpha value is -2.96. The number of carbonyl (C=O) groups is 2. The molecule has 2 aromatic rings. The van der Waals surface area contributed by atoms with Crippen molar-refractivity contribution in [3.63, 3.8) is 0 Å². The Balaban J connectivity index is 1.25. The number of nitrogens with zero attached hydrogens (tertiary/aromatic N) is 3. The van der Waals surface area contributed by atoms with E-state index in [0.717, 1.165) is 12.4 Å². The molecule has 1 aromatic carbocycles. The fourth-order valence-corrected chi connectivity index (χ4v) is 3.28. The smallest absolute Gasteiger partial charge is 0.251 e. The Labute approximate surface area is 158 Å². The summed E-state index contributed by atoms with van der Waals surface area (Å²) in [5.74, 6) is 1.28. The van der Waals surface area contributed by atoms with Crippen LogP contribution in [-0.2, 0) is 4.79 Å².